The first kappa shape index (κ1) is 16.2. The summed E-state index contributed by atoms with van der Waals surface area (Å²) in [5.41, 5.74) is 1.96. The Balaban J connectivity index is 1.96. The van der Waals surface area contributed by atoms with E-state index in [2.05, 4.69) is 15.5 Å². The molecule has 0 aliphatic rings. The molecule has 1 N–H and O–H groups in total. The van der Waals surface area contributed by atoms with Crippen molar-refractivity contribution in [1.82, 2.24) is 19.9 Å². The number of nitrogens with zero attached hydrogens (tertiary/aromatic N) is 3. The lowest BCUT2D eigenvalue weighted by atomic mass is 10.2. The van der Waals surface area contributed by atoms with Gasteiger partial charge in [-0.05, 0) is 26.0 Å². The van der Waals surface area contributed by atoms with E-state index in [-0.39, 0.29) is 17.4 Å². The lowest BCUT2D eigenvalue weighted by molar-refractivity contribution is 0.0947. The lowest BCUT2D eigenvalue weighted by Crippen LogP contribution is -2.24. The van der Waals surface area contributed by atoms with Crippen LogP contribution >= 0.6 is 0 Å². The summed E-state index contributed by atoms with van der Waals surface area (Å²) in [6, 6.07) is 5.04. The van der Waals surface area contributed by atoms with E-state index in [1.807, 2.05) is 0 Å². The van der Waals surface area contributed by atoms with Crippen molar-refractivity contribution >= 4 is 21.3 Å². The molecule has 3 rings (SSSR count). The molecule has 0 aromatic carbocycles. The topological polar surface area (TPSA) is 107 Å². The zero-order valence-corrected chi connectivity index (χ0v) is 14.2. The van der Waals surface area contributed by atoms with Gasteiger partial charge in [0.15, 0.2) is 5.69 Å². The number of aryl methyl sites for hydroxylation is 2. The number of nitrogens with one attached hydrogen (secondary N) is 1. The first-order chi connectivity index (χ1) is 11.3. The highest BCUT2D eigenvalue weighted by molar-refractivity contribution is 7.90. The summed E-state index contributed by atoms with van der Waals surface area (Å²) in [5, 5.41) is 6.39. The maximum atomic E-state index is 12.5. The highest BCUT2D eigenvalue weighted by Gasteiger charge is 2.23. The highest BCUT2D eigenvalue weighted by Crippen LogP contribution is 2.17. The molecule has 0 spiro atoms. The van der Waals surface area contributed by atoms with E-state index in [1.165, 1.54) is 4.40 Å². The number of imidazole rings is 1. The molecule has 0 saturated heterocycles. The van der Waals surface area contributed by atoms with Gasteiger partial charge in [-0.15, -0.1) is 0 Å². The molecule has 0 aliphatic carbocycles. The van der Waals surface area contributed by atoms with Crippen LogP contribution in [0.2, 0.25) is 0 Å². The Labute approximate surface area is 138 Å². The fraction of sp³-hybridized carbons (Fsp3) is 0.267. The van der Waals surface area contributed by atoms with Crippen molar-refractivity contribution in [3.05, 3.63) is 47.1 Å². The molecule has 0 aliphatic heterocycles. The molecule has 0 bridgehead atoms. The Morgan fingerprint density at radius 2 is 2.08 bits per heavy atom. The van der Waals surface area contributed by atoms with Gasteiger partial charge in [-0.1, -0.05) is 11.2 Å². The first-order valence-electron chi connectivity index (χ1n) is 7.16. The fourth-order valence-electron chi connectivity index (χ4n) is 2.44. The first-order valence-corrected chi connectivity index (χ1v) is 9.05. The van der Waals surface area contributed by atoms with Crippen LogP contribution < -0.4 is 5.32 Å². The minimum atomic E-state index is -3.57. The second-order valence-electron chi connectivity index (χ2n) is 5.46. The van der Waals surface area contributed by atoms with Crippen LogP contribution in [0.25, 0.3) is 5.52 Å². The molecule has 1 amide bonds. The summed E-state index contributed by atoms with van der Waals surface area (Å²) in [6.07, 6.45) is 2.62. The van der Waals surface area contributed by atoms with E-state index in [9.17, 15) is 13.2 Å². The number of hydrogen-bond acceptors (Lipinski definition) is 6. The van der Waals surface area contributed by atoms with Crippen LogP contribution in [0.15, 0.2) is 34.1 Å². The van der Waals surface area contributed by atoms with Crippen molar-refractivity contribution in [3.8, 4) is 0 Å². The summed E-state index contributed by atoms with van der Waals surface area (Å²) < 4.78 is 30.2. The molecule has 24 heavy (non-hydrogen) atoms. The van der Waals surface area contributed by atoms with Crippen LogP contribution in [0.3, 0.4) is 0 Å². The molecule has 0 unspecified atom stereocenters. The van der Waals surface area contributed by atoms with Gasteiger partial charge in [0, 0.05) is 24.6 Å². The van der Waals surface area contributed by atoms with Crippen LogP contribution in [-0.2, 0) is 16.4 Å². The van der Waals surface area contributed by atoms with Gasteiger partial charge in [0.05, 0.1) is 11.2 Å². The molecule has 0 atom stereocenters. The van der Waals surface area contributed by atoms with Gasteiger partial charge >= 0.3 is 0 Å². The van der Waals surface area contributed by atoms with Crippen molar-refractivity contribution in [3.63, 3.8) is 0 Å². The van der Waals surface area contributed by atoms with Gasteiger partial charge < -0.3 is 9.84 Å². The van der Waals surface area contributed by atoms with Crippen molar-refractivity contribution in [1.29, 1.82) is 0 Å². The van der Waals surface area contributed by atoms with E-state index >= 15 is 0 Å². The van der Waals surface area contributed by atoms with E-state index in [1.54, 1.807) is 38.2 Å². The molecule has 3 aromatic heterocycles. The Kier molecular flexibility index (Phi) is 3.88. The average molecular weight is 348 g/mol. The number of hydrogen-bond donors (Lipinski definition) is 1. The number of pyridine rings is 1. The number of amides is 1. The minimum Gasteiger partial charge on any atom is -0.361 e. The summed E-state index contributed by atoms with van der Waals surface area (Å²) >= 11 is 0. The maximum absolute atomic E-state index is 12.5. The van der Waals surface area contributed by atoms with Gasteiger partial charge in [0.1, 0.15) is 5.76 Å². The third-order valence-corrected chi connectivity index (χ3v) is 4.62. The Morgan fingerprint density at radius 1 is 1.33 bits per heavy atom. The zero-order valence-electron chi connectivity index (χ0n) is 13.4. The molecular weight excluding hydrogens is 332 g/mol. The van der Waals surface area contributed by atoms with Crippen LogP contribution in [0, 0.1) is 13.8 Å². The standard InChI is InChI=1S/C15H16N4O4S/c1-9-11(10(2)23-18-9)8-16-14(20)13-12-6-4-5-7-19(12)15(17-13)24(3,21)22/h4-7H,8H2,1-3H3,(H,16,20). The average Bonchev–Trinajstić information content (AvgIpc) is 3.06. The number of fused-ring (bicyclic) bond motifs is 1. The molecule has 3 heterocycles. The molecule has 8 nitrogen and oxygen atoms in total. The number of rotatable bonds is 4. The molecule has 0 radical (unpaired) electrons. The zero-order chi connectivity index (χ0) is 17.5. The third-order valence-electron chi connectivity index (χ3n) is 3.67. The van der Waals surface area contributed by atoms with E-state index < -0.39 is 15.7 Å². The molecular formula is C15H16N4O4S. The predicted octanol–water partition coefficient (Wildman–Crippen LogP) is 1.27. The monoisotopic (exact) mass is 348 g/mol. The number of aromatic nitrogens is 3. The summed E-state index contributed by atoms with van der Waals surface area (Å²) in [4.78, 5) is 16.5. The molecule has 3 aromatic rings. The lowest BCUT2D eigenvalue weighted by Gasteiger charge is -2.03. The maximum Gasteiger partial charge on any atom is 0.272 e. The quantitative estimate of drug-likeness (QED) is 0.761. The van der Waals surface area contributed by atoms with E-state index in [4.69, 9.17) is 4.52 Å². The molecule has 0 fully saturated rings. The van der Waals surface area contributed by atoms with Gasteiger partial charge in [0.25, 0.3) is 5.91 Å². The second-order valence-corrected chi connectivity index (χ2v) is 7.37. The molecule has 9 heteroatoms. The van der Waals surface area contributed by atoms with Crippen LogP contribution in [0.1, 0.15) is 27.5 Å². The number of carbonyl (C=O) groups is 1. The Hall–Kier alpha value is -2.68. The number of carbonyl (C=O) groups excluding carboxylic acids is 1. The van der Waals surface area contributed by atoms with Crippen LogP contribution in [0.4, 0.5) is 0 Å². The fourth-order valence-corrected chi connectivity index (χ4v) is 3.22. The van der Waals surface area contributed by atoms with Gasteiger partial charge in [0.2, 0.25) is 15.0 Å². The third kappa shape index (κ3) is 2.78. The van der Waals surface area contributed by atoms with Crippen molar-refractivity contribution in [2.24, 2.45) is 0 Å². The summed E-state index contributed by atoms with van der Waals surface area (Å²) in [5.74, 6) is 0.160. The minimum absolute atomic E-state index is 0.0581. The molecule has 126 valence electrons. The van der Waals surface area contributed by atoms with E-state index in [0.29, 0.717) is 17.0 Å². The number of sulfone groups is 1. The van der Waals surface area contributed by atoms with Crippen LogP contribution in [-0.4, -0.2) is 35.1 Å². The Morgan fingerprint density at radius 3 is 2.71 bits per heavy atom. The SMILES string of the molecule is Cc1noc(C)c1CNC(=O)c1nc(S(C)(=O)=O)n2ccccc12. The van der Waals surface area contributed by atoms with Gasteiger partial charge in [-0.25, -0.2) is 13.4 Å². The summed E-state index contributed by atoms with van der Waals surface area (Å²) in [6.45, 7) is 3.76. The van der Waals surface area contributed by atoms with E-state index in [0.717, 1.165) is 11.8 Å². The van der Waals surface area contributed by atoms with Gasteiger partial charge in [-0.3, -0.25) is 9.20 Å². The van der Waals surface area contributed by atoms with Crippen LogP contribution in [0.5, 0.6) is 0 Å². The smallest absolute Gasteiger partial charge is 0.272 e. The van der Waals surface area contributed by atoms with Gasteiger partial charge in [-0.2, -0.15) is 0 Å². The van der Waals surface area contributed by atoms with Crippen molar-refractivity contribution in [2.75, 3.05) is 6.26 Å². The predicted molar refractivity (Wildman–Crippen MR) is 85.4 cm³/mol. The molecule has 0 saturated carbocycles. The normalized spacial score (nSPS) is 11.8. The summed E-state index contributed by atoms with van der Waals surface area (Å²) in [7, 11) is -3.57. The van der Waals surface area contributed by atoms with Crippen molar-refractivity contribution in [2.45, 2.75) is 25.5 Å². The largest absolute Gasteiger partial charge is 0.361 e. The highest BCUT2D eigenvalue weighted by atomic mass is 32.2. The van der Waals surface area contributed by atoms with Crippen molar-refractivity contribution < 1.29 is 17.7 Å². The second kappa shape index (κ2) is 5.75. The Bertz CT molecular complexity index is 1010.